The van der Waals surface area contributed by atoms with Crippen molar-refractivity contribution < 1.29 is 14.8 Å². The molecule has 0 aromatic rings. The zero-order chi connectivity index (χ0) is 9.15. The third-order valence-electron chi connectivity index (χ3n) is 1.23. The second-order valence-electron chi connectivity index (χ2n) is 3.72. The Kier molecular flexibility index (Phi) is 2.80. The molecule has 0 spiro atoms. The van der Waals surface area contributed by atoms with Crippen LogP contribution in [0.1, 0.15) is 0 Å². The Hall–Kier alpha value is -0.410. The molecule has 0 saturated heterocycles. The van der Waals surface area contributed by atoms with Crippen LogP contribution in [0.15, 0.2) is 0 Å². The average Bonchev–Trinajstić information content (AvgIpc) is 1.56. The minimum atomic E-state index is -2.67. The molecular weight excluding hydrogens is 169 g/mol. The number of aliphatic hydroxyl groups excluding tert-OH is 1. The van der Waals surface area contributed by atoms with Crippen molar-refractivity contribution in [1.29, 1.82) is 0 Å². The Morgan fingerprint density at radius 3 is 2.27 bits per heavy atom. The van der Waals surface area contributed by atoms with Gasteiger partial charge in [0.25, 0.3) is 0 Å². The van der Waals surface area contributed by atoms with Crippen LogP contribution in [-0.2, 0) is 4.62 Å². The van der Waals surface area contributed by atoms with Crippen molar-refractivity contribution in [3.63, 3.8) is 0 Å². The van der Waals surface area contributed by atoms with E-state index >= 15 is 0 Å². The quantitative estimate of drug-likeness (QED) is 0.392. The van der Waals surface area contributed by atoms with E-state index in [0.717, 1.165) is 0 Å². The molecule has 0 bridgehead atoms. The SMILES string of the molecule is CP(C)(C)(CCO)O[N+](=O)[O-]. The molecule has 11 heavy (non-hydrogen) atoms. The van der Waals surface area contributed by atoms with Crippen molar-refractivity contribution in [2.45, 2.75) is 0 Å². The predicted molar refractivity (Wildman–Crippen MR) is 44.7 cm³/mol. The normalized spacial score (nSPS) is 15.1. The molecule has 0 atom stereocenters. The third kappa shape index (κ3) is 4.93. The van der Waals surface area contributed by atoms with E-state index in [1.807, 2.05) is 0 Å². The van der Waals surface area contributed by atoms with Crippen LogP contribution in [0.5, 0.6) is 0 Å². The molecule has 0 aliphatic heterocycles. The fourth-order valence-electron chi connectivity index (χ4n) is 0.629. The summed E-state index contributed by atoms with van der Waals surface area (Å²) in [6.45, 7) is 2.35. The van der Waals surface area contributed by atoms with Gasteiger partial charge in [-0.05, 0) is 0 Å². The second kappa shape index (κ2) is 2.91. The second-order valence-corrected chi connectivity index (χ2v) is 10.3. The van der Waals surface area contributed by atoms with E-state index < -0.39 is 11.9 Å². The van der Waals surface area contributed by atoms with Gasteiger partial charge in [-0.2, -0.15) is 0 Å². The monoisotopic (exact) mass is 183 g/mol. The van der Waals surface area contributed by atoms with Crippen LogP contribution in [0.4, 0.5) is 0 Å². The molecule has 0 heterocycles. The van der Waals surface area contributed by atoms with Gasteiger partial charge in [0.05, 0.1) is 0 Å². The van der Waals surface area contributed by atoms with Gasteiger partial charge in [-0.1, -0.05) is 0 Å². The molecule has 5 nitrogen and oxygen atoms in total. The van der Waals surface area contributed by atoms with Gasteiger partial charge in [0.2, 0.25) is 0 Å². The van der Waals surface area contributed by atoms with Crippen molar-refractivity contribution in [1.82, 2.24) is 0 Å². The minimum absolute atomic E-state index is 0.0742. The van der Waals surface area contributed by atoms with Gasteiger partial charge in [0.1, 0.15) is 0 Å². The molecular formula is C5H14NO4P. The standard InChI is InChI=1S/C5H14NO4P/c1-11(2,3,5-4-7)10-6(8)9/h7H,4-5H2,1-3H3. The van der Waals surface area contributed by atoms with Crippen molar-refractivity contribution in [2.24, 2.45) is 0 Å². The van der Waals surface area contributed by atoms with Gasteiger partial charge < -0.3 is 0 Å². The first-order valence-corrected chi connectivity index (χ1v) is 6.89. The van der Waals surface area contributed by atoms with E-state index in [4.69, 9.17) is 5.11 Å². The van der Waals surface area contributed by atoms with Gasteiger partial charge in [0, 0.05) is 0 Å². The topological polar surface area (TPSA) is 72.6 Å². The zero-order valence-electron chi connectivity index (χ0n) is 6.98. The molecule has 0 radical (unpaired) electrons. The van der Waals surface area contributed by atoms with E-state index in [0.29, 0.717) is 6.16 Å². The number of hydrogen-bond acceptors (Lipinski definition) is 4. The van der Waals surface area contributed by atoms with Crippen LogP contribution in [0, 0.1) is 10.1 Å². The molecule has 0 unspecified atom stereocenters. The summed E-state index contributed by atoms with van der Waals surface area (Å²) >= 11 is 0. The number of aliphatic hydroxyl groups is 1. The maximum atomic E-state index is 10.0. The molecule has 0 saturated carbocycles. The molecule has 0 amide bonds. The molecule has 0 aliphatic rings. The van der Waals surface area contributed by atoms with Crippen LogP contribution in [-0.4, -0.2) is 43.0 Å². The first-order chi connectivity index (χ1) is 4.74. The Balaban J connectivity index is 4.25. The number of hydrogen-bond donors (Lipinski definition) is 1. The van der Waals surface area contributed by atoms with Gasteiger partial charge in [0.15, 0.2) is 0 Å². The molecule has 68 valence electrons. The van der Waals surface area contributed by atoms with E-state index in [1.165, 1.54) is 0 Å². The van der Waals surface area contributed by atoms with Crippen LogP contribution in [0.3, 0.4) is 0 Å². The molecule has 0 aromatic carbocycles. The molecule has 0 rings (SSSR count). The fourth-order valence-corrected chi connectivity index (χ4v) is 1.89. The van der Waals surface area contributed by atoms with Crippen LogP contribution in [0.2, 0.25) is 0 Å². The van der Waals surface area contributed by atoms with Crippen molar-refractivity contribution in [3.05, 3.63) is 10.1 Å². The van der Waals surface area contributed by atoms with Gasteiger partial charge >= 0.3 is 64.5 Å². The van der Waals surface area contributed by atoms with Crippen molar-refractivity contribution >= 4 is 6.83 Å². The Morgan fingerprint density at radius 2 is 2.00 bits per heavy atom. The Morgan fingerprint density at radius 1 is 1.55 bits per heavy atom. The summed E-state index contributed by atoms with van der Waals surface area (Å²) in [7, 11) is 0. The van der Waals surface area contributed by atoms with Crippen molar-refractivity contribution in [3.8, 4) is 0 Å². The van der Waals surface area contributed by atoms with E-state index in [-0.39, 0.29) is 6.61 Å². The summed E-state index contributed by atoms with van der Waals surface area (Å²) in [6, 6.07) is 0. The summed E-state index contributed by atoms with van der Waals surface area (Å²) < 4.78 is 4.56. The summed E-state index contributed by atoms with van der Waals surface area (Å²) in [6.07, 6.45) is 0.354. The van der Waals surface area contributed by atoms with Gasteiger partial charge in [-0.15, -0.1) is 0 Å². The summed E-state index contributed by atoms with van der Waals surface area (Å²) in [5, 5.41) is 17.9. The molecule has 0 aromatic heterocycles. The molecule has 1 N–H and O–H groups in total. The fraction of sp³-hybridized carbons (Fsp3) is 1.00. The van der Waals surface area contributed by atoms with Crippen LogP contribution < -0.4 is 0 Å². The summed E-state index contributed by atoms with van der Waals surface area (Å²) in [4.78, 5) is 10.0. The number of nitrogens with zero attached hydrogens (tertiary/aromatic N) is 1. The molecule has 6 heteroatoms. The number of rotatable bonds is 4. The van der Waals surface area contributed by atoms with Crippen LogP contribution >= 0.6 is 6.83 Å². The third-order valence-corrected chi connectivity index (χ3v) is 3.69. The summed E-state index contributed by atoms with van der Waals surface area (Å²) in [5.74, 6) is 0. The first kappa shape index (κ1) is 10.6. The van der Waals surface area contributed by atoms with Gasteiger partial charge in [-0.25, -0.2) is 0 Å². The first-order valence-electron chi connectivity index (χ1n) is 3.20. The van der Waals surface area contributed by atoms with Gasteiger partial charge in [-0.3, -0.25) is 0 Å². The van der Waals surface area contributed by atoms with Crippen LogP contribution in [0.25, 0.3) is 0 Å². The molecule has 0 fully saturated rings. The van der Waals surface area contributed by atoms with E-state index in [1.54, 1.807) is 20.0 Å². The summed E-state index contributed by atoms with van der Waals surface area (Å²) in [5.41, 5.74) is 0. The van der Waals surface area contributed by atoms with Crippen molar-refractivity contribution in [2.75, 3.05) is 32.8 Å². The maximum absolute atomic E-state index is 10.0. The zero-order valence-corrected chi connectivity index (χ0v) is 7.88. The predicted octanol–water partition coefficient (Wildman–Crippen LogP) is 0.545. The average molecular weight is 183 g/mol. The molecule has 0 aliphatic carbocycles. The Bertz CT molecular complexity index is 162. The van der Waals surface area contributed by atoms with E-state index in [2.05, 4.69) is 4.62 Å². The van der Waals surface area contributed by atoms with E-state index in [9.17, 15) is 10.1 Å². The Labute approximate surface area is 65.5 Å².